The van der Waals surface area contributed by atoms with Crippen LogP contribution in [0.1, 0.15) is 23.7 Å². The zero-order valence-corrected chi connectivity index (χ0v) is 14.6. The maximum atomic E-state index is 12.8. The summed E-state index contributed by atoms with van der Waals surface area (Å²) in [4.78, 5) is 0.181. The predicted molar refractivity (Wildman–Crippen MR) is 94.7 cm³/mol. The van der Waals surface area contributed by atoms with Gasteiger partial charge in [0, 0.05) is 18.2 Å². The van der Waals surface area contributed by atoms with Crippen molar-refractivity contribution in [1.29, 1.82) is 0 Å². The number of fused-ring (bicyclic) bond motifs is 2. The summed E-state index contributed by atoms with van der Waals surface area (Å²) in [5, 5.41) is 10.8. The highest BCUT2D eigenvalue weighted by Gasteiger charge is 2.41. The molecule has 2 aromatic rings. The van der Waals surface area contributed by atoms with Crippen molar-refractivity contribution in [3.63, 3.8) is 0 Å². The summed E-state index contributed by atoms with van der Waals surface area (Å²) in [6.07, 6.45) is 1.56. The largest absolute Gasteiger partial charge is 0.489 e. The highest BCUT2D eigenvalue weighted by molar-refractivity contribution is 7.89. The van der Waals surface area contributed by atoms with E-state index < -0.39 is 22.2 Å². The summed E-state index contributed by atoms with van der Waals surface area (Å²) < 4.78 is 32.6. The van der Waals surface area contributed by atoms with Crippen molar-refractivity contribution in [2.24, 2.45) is 0 Å². The van der Waals surface area contributed by atoms with Crippen LogP contribution in [0.15, 0.2) is 59.0 Å². The van der Waals surface area contributed by atoms with Gasteiger partial charge in [-0.25, -0.2) is 8.42 Å². The number of para-hydroxylation sites is 1. The number of likely N-dealkylation sites (N-methyl/N-ethyl adjacent to an activating group) is 1. The number of ether oxygens (including phenoxy) is 1. The number of rotatable bonds is 2. The number of sulfonamides is 1. The van der Waals surface area contributed by atoms with Crippen LogP contribution in [0.3, 0.4) is 0 Å². The molecule has 25 heavy (non-hydrogen) atoms. The Morgan fingerprint density at radius 1 is 1.16 bits per heavy atom. The first kappa shape index (κ1) is 16.3. The van der Waals surface area contributed by atoms with Gasteiger partial charge in [0.25, 0.3) is 0 Å². The monoisotopic (exact) mass is 357 g/mol. The minimum Gasteiger partial charge on any atom is -0.489 e. The number of nitrogens with zero attached hydrogens (tertiary/aromatic N) is 1. The van der Waals surface area contributed by atoms with Gasteiger partial charge in [-0.2, -0.15) is 4.31 Å². The van der Waals surface area contributed by atoms with Crippen LogP contribution in [0.2, 0.25) is 0 Å². The molecule has 0 saturated heterocycles. The fourth-order valence-electron chi connectivity index (χ4n) is 3.49. The second kappa shape index (κ2) is 5.98. The van der Waals surface area contributed by atoms with Crippen LogP contribution < -0.4 is 4.74 Å². The van der Waals surface area contributed by atoms with Crippen molar-refractivity contribution in [2.45, 2.75) is 23.5 Å². The van der Waals surface area contributed by atoms with Gasteiger partial charge < -0.3 is 9.84 Å². The van der Waals surface area contributed by atoms with Crippen LogP contribution in [-0.2, 0) is 10.0 Å². The summed E-state index contributed by atoms with van der Waals surface area (Å²) >= 11 is 0. The van der Waals surface area contributed by atoms with Crippen LogP contribution in [-0.4, -0.2) is 37.5 Å². The van der Waals surface area contributed by atoms with Gasteiger partial charge in [-0.3, -0.25) is 0 Å². The van der Waals surface area contributed by atoms with E-state index in [4.69, 9.17) is 4.74 Å². The molecule has 0 aliphatic carbocycles. The van der Waals surface area contributed by atoms with E-state index in [-0.39, 0.29) is 4.90 Å². The van der Waals surface area contributed by atoms with Gasteiger partial charge in [0.05, 0.1) is 17.0 Å². The van der Waals surface area contributed by atoms with Gasteiger partial charge >= 0.3 is 0 Å². The molecule has 0 saturated carbocycles. The topological polar surface area (TPSA) is 66.8 Å². The van der Waals surface area contributed by atoms with E-state index in [2.05, 4.69) is 0 Å². The molecule has 0 radical (unpaired) electrons. The van der Waals surface area contributed by atoms with Gasteiger partial charge in [-0.15, -0.1) is 0 Å². The Labute approximate surface area is 147 Å². The van der Waals surface area contributed by atoms with Crippen LogP contribution in [0, 0.1) is 0 Å². The lowest BCUT2D eigenvalue weighted by Crippen LogP contribution is -2.45. The SMILES string of the molecule is CN1C(CC2=Cc3ccccc3OC2)C(O)c2ccccc2S1(=O)=O. The van der Waals surface area contributed by atoms with Crippen molar-refractivity contribution in [3.8, 4) is 5.75 Å². The van der Waals surface area contributed by atoms with Crippen LogP contribution >= 0.6 is 0 Å². The first-order valence-electron chi connectivity index (χ1n) is 8.15. The highest BCUT2D eigenvalue weighted by atomic mass is 32.2. The first-order chi connectivity index (χ1) is 12.0. The summed E-state index contributed by atoms with van der Waals surface area (Å²) in [5.74, 6) is 0.821. The Kier molecular flexibility index (Phi) is 3.91. The smallest absolute Gasteiger partial charge is 0.243 e. The van der Waals surface area contributed by atoms with E-state index in [9.17, 15) is 13.5 Å². The average Bonchev–Trinajstić information content (AvgIpc) is 2.64. The van der Waals surface area contributed by atoms with Crippen molar-refractivity contribution in [2.75, 3.05) is 13.7 Å². The molecule has 0 bridgehead atoms. The van der Waals surface area contributed by atoms with Gasteiger partial charge in [0.1, 0.15) is 12.4 Å². The summed E-state index contributed by atoms with van der Waals surface area (Å²) in [5.41, 5.74) is 2.40. The maximum Gasteiger partial charge on any atom is 0.243 e. The van der Waals surface area contributed by atoms with E-state index in [1.807, 2.05) is 30.3 Å². The second-order valence-corrected chi connectivity index (χ2v) is 8.37. The summed E-state index contributed by atoms with van der Waals surface area (Å²) in [6.45, 7) is 0.399. The summed E-state index contributed by atoms with van der Waals surface area (Å²) in [7, 11) is -2.08. The van der Waals surface area contributed by atoms with Crippen molar-refractivity contribution in [3.05, 3.63) is 65.2 Å². The van der Waals surface area contributed by atoms with E-state index in [0.29, 0.717) is 18.6 Å². The molecule has 2 unspecified atom stereocenters. The molecular weight excluding hydrogens is 338 g/mol. The quantitative estimate of drug-likeness (QED) is 0.897. The molecule has 2 atom stereocenters. The fraction of sp³-hybridized carbons (Fsp3) is 0.263. The van der Waals surface area contributed by atoms with Gasteiger partial charge in [-0.1, -0.05) is 36.4 Å². The molecule has 2 heterocycles. The van der Waals surface area contributed by atoms with E-state index in [1.54, 1.807) is 24.3 Å². The zero-order chi connectivity index (χ0) is 17.6. The Bertz CT molecular complexity index is 951. The number of hydrogen-bond donors (Lipinski definition) is 1. The lowest BCUT2D eigenvalue weighted by atomic mass is 9.94. The van der Waals surface area contributed by atoms with Gasteiger partial charge in [0.2, 0.25) is 10.0 Å². The molecule has 6 heteroatoms. The molecule has 0 spiro atoms. The fourth-order valence-corrected chi connectivity index (χ4v) is 5.08. The third-order valence-corrected chi connectivity index (χ3v) is 6.85. The lowest BCUT2D eigenvalue weighted by Gasteiger charge is -2.37. The Balaban J connectivity index is 1.69. The standard InChI is InChI=1S/C19H19NO4S/c1-20-16(11-13-10-14-6-2-4-8-17(14)24-12-13)19(21)15-7-3-5-9-18(15)25(20,22)23/h2-10,16,19,21H,11-12H2,1H3. The molecule has 0 aromatic heterocycles. The van der Waals surface area contributed by atoms with Crippen molar-refractivity contribution >= 4 is 16.1 Å². The molecular formula is C19H19NO4S. The van der Waals surface area contributed by atoms with Crippen LogP contribution in [0.4, 0.5) is 0 Å². The Morgan fingerprint density at radius 3 is 2.72 bits per heavy atom. The van der Waals surface area contributed by atoms with E-state index >= 15 is 0 Å². The number of aliphatic hydroxyl groups is 1. The van der Waals surface area contributed by atoms with Gasteiger partial charge in [0.15, 0.2) is 0 Å². The second-order valence-electron chi connectivity index (χ2n) is 6.40. The molecule has 1 N–H and O–H groups in total. The third kappa shape index (κ3) is 2.66. The maximum absolute atomic E-state index is 12.8. The van der Waals surface area contributed by atoms with Crippen LogP contribution in [0.5, 0.6) is 5.75 Å². The van der Waals surface area contributed by atoms with E-state index in [0.717, 1.165) is 16.9 Å². The normalized spacial score (nSPS) is 24.6. The zero-order valence-electron chi connectivity index (χ0n) is 13.8. The molecule has 130 valence electrons. The minimum absolute atomic E-state index is 0.181. The number of hydrogen-bond acceptors (Lipinski definition) is 4. The Hall–Kier alpha value is -2.15. The van der Waals surface area contributed by atoms with Crippen molar-refractivity contribution in [1.82, 2.24) is 4.31 Å². The molecule has 2 aliphatic heterocycles. The molecule has 4 rings (SSSR count). The number of benzene rings is 2. The van der Waals surface area contributed by atoms with Gasteiger partial charge in [-0.05, 0) is 30.2 Å². The average molecular weight is 357 g/mol. The predicted octanol–water partition coefficient (Wildman–Crippen LogP) is 2.59. The number of aliphatic hydroxyl groups excluding tert-OH is 1. The minimum atomic E-state index is -3.61. The highest BCUT2D eigenvalue weighted by Crippen LogP contribution is 2.39. The van der Waals surface area contributed by atoms with Crippen LogP contribution in [0.25, 0.3) is 6.08 Å². The molecule has 0 amide bonds. The molecule has 2 aliphatic rings. The molecule has 5 nitrogen and oxygen atoms in total. The van der Waals surface area contributed by atoms with Crippen molar-refractivity contribution < 1.29 is 18.3 Å². The molecule has 0 fully saturated rings. The third-order valence-electron chi connectivity index (χ3n) is 4.89. The Morgan fingerprint density at radius 2 is 1.88 bits per heavy atom. The van der Waals surface area contributed by atoms with E-state index in [1.165, 1.54) is 11.4 Å². The first-order valence-corrected chi connectivity index (χ1v) is 9.59. The lowest BCUT2D eigenvalue weighted by molar-refractivity contribution is 0.0879. The summed E-state index contributed by atoms with van der Waals surface area (Å²) in [6, 6.07) is 13.8. The molecule has 2 aromatic carbocycles.